The summed E-state index contributed by atoms with van der Waals surface area (Å²) in [4.78, 5) is 11.9. The number of carbonyl (C=O) groups is 1. The molecule has 1 aromatic rings. The molecule has 1 aliphatic rings. The van der Waals surface area contributed by atoms with E-state index < -0.39 is 0 Å². The van der Waals surface area contributed by atoms with Crippen molar-refractivity contribution >= 4 is 5.78 Å². The van der Waals surface area contributed by atoms with Gasteiger partial charge in [-0.15, -0.1) is 0 Å². The Morgan fingerprint density at radius 1 is 1.33 bits per heavy atom. The van der Waals surface area contributed by atoms with Crippen molar-refractivity contribution in [1.82, 2.24) is 0 Å². The van der Waals surface area contributed by atoms with Crippen LogP contribution in [-0.2, 0) is 11.2 Å². The molecular formula is C13H16O2. The maximum atomic E-state index is 11.9. The highest BCUT2D eigenvalue weighted by Gasteiger charge is 2.12. The number of allylic oxidation sites excluding steroid dienone is 2. The molecule has 0 fully saturated rings. The lowest BCUT2D eigenvalue weighted by Crippen LogP contribution is -2.05. The number of hydrogen-bond donors (Lipinski definition) is 0. The highest BCUT2D eigenvalue weighted by atomic mass is 16.3. The molecule has 2 rings (SSSR count). The van der Waals surface area contributed by atoms with Crippen molar-refractivity contribution in [2.45, 2.75) is 38.5 Å². The van der Waals surface area contributed by atoms with Crippen LogP contribution in [0, 0.1) is 0 Å². The van der Waals surface area contributed by atoms with Crippen LogP contribution in [0.15, 0.2) is 34.7 Å². The lowest BCUT2D eigenvalue weighted by atomic mass is 10.0. The van der Waals surface area contributed by atoms with Gasteiger partial charge < -0.3 is 4.42 Å². The van der Waals surface area contributed by atoms with E-state index in [1.165, 1.54) is 12.8 Å². The van der Waals surface area contributed by atoms with E-state index in [9.17, 15) is 4.79 Å². The fraction of sp³-hybridized carbons (Fsp3) is 0.462. The summed E-state index contributed by atoms with van der Waals surface area (Å²) < 4.78 is 4.96. The van der Waals surface area contributed by atoms with Crippen molar-refractivity contribution in [2.75, 3.05) is 0 Å². The molecule has 0 saturated carbocycles. The molecule has 0 radical (unpaired) electrons. The van der Waals surface area contributed by atoms with Gasteiger partial charge in [-0.05, 0) is 42.9 Å². The van der Waals surface area contributed by atoms with E-state index in [-0.39, 0.29) is 5.78 Å². The molecule has 0 unspecified atom stereocenters. The van der Waals surface area contributed by atoms with E-state index in [1.54, 1.807) is 12.5 Å². The molecule has 0 atom stereocenters. The average molecular weight is 204 g/mol. The fourth-order valence-corrected chi connectivity index (χ4v) is 1.96. The number of Topliss-reactive ketones (excluding diaryl/α,β-unsaturated/α-hetero) is 1. The van der Waals surface area contributed by atoms with E-state index in [1.807, 2.05) is 6.07 Å². The van der Waals surface area contributed by atoms with E-state index in [2.05, 4.69) is 6.08 Å². The maximum Gasteiger partial charge on any atom is 0.163 e. The van der Waals surface area contributed by atoms with Gasteiger partial charge in [0.05, 0.1) is 12.5 Å². The van der Waals surface area contributed by atoms with Gasteiger partial charge in [0.25, 0.3) is 0 Å². The van der Waals surface area contributed by atoms with Crippen molar-refractivity contribution in [3.63, 3.8) is 0 Å². The standard InChI is InChI=1S/C13H16O2/c14-13(9-11-7-8-15-10-11)12-5-3-1-2-4-6-12/h5,7-8,10H,1-4,6,9H2. The molecule has 1 aliphatic carbocycles. The first-order valence-electron chi connectivity index (χ1n) is 5.59. The maximum absolute atomic E-state index is 11.9. The molecule has 80 valence electrons. The van der Waals surface area contributed by atoms with Crippen molar-refractivity contribution < 1.29 is 9.21 Å². The highest BCUT2D eigenvalue weighted by Crippen LogP contribution is 2.19. The Hall–Kier alpha value is -1.31. The molecule has 0 bridgehead atoms. The van der Waals surface area contributed by atoms with Crippen LogP contribution in [0.5, 0.6) is 0 Å². The molecule has 0 N–H and O–H groups in total. The minimum atomic E-state index is 0.262. The quantitative estimate of drug-likeness (QED) is 0.756. The number of ketones is 1. The Morgan fingerprint density at radius 3 is 3.07 bits per heavy atom. The molecule has 1 heterocycles. The Kier molecular flexibility index (Phi) is 3.38. The summed E-state index contributed by atoms with van der Waals surface area (Å²) in [5.41, 5.74) is 2.00. The van der Waals surface area contributed by atoms with Gasteiger partial charge in [-0.3, -0.25) is 4.79 Å². The number of furan rings is 1. The van der Waals surface area contributed by atoms with Crippen molar-refractivity contribution in [3.8, 4) is 0 Å². The molecule has 0 aromatic carbocycles. The van der Waals surface area contributed by atoms with E-state index in [0.717, 1.165) is 30.4 Å². The van der Waals surface area contributed by atoms with Crippen LogP contribution in [0.1, 0.15) is 37.7 Å². The van der Waals surface area contributed by atoms with Crippen molar-refractivity contribution in [3.05, 3.63) is 35.8 Å². The molecule has 15 heavy (non-hydrogen) atoms. The summed E-state index contributed by atoms with van der Waals surface area (Å²) in [6.45, 7) is 0. The minimum Gasteiger partial charge on any atom is -0.472 e. The van der Waals surface area contributed by atoms with Crippen LogP contribution in [-0.4, -0.2) is 5.78 Å². The van der Waals surface area contributed by atoms with Gasteiger partial charge in [-0.1, -0.05) is 12.5 Å². The molecule has 0 saturated heterocycles. The Balaban J connectivity index is 1.98. The normalized spacial score (nSPS) is 16.9. The zero-order valence-electron chi connectivity index (χ0n) is 8.87. The lowest BCUT2D eigenvalue weighted by Gasteiger charge is -2.02. The largest absolute Gasteiger partial charge is 0.472 e. The number of carbonyl (C=O) groups excluding carboxylic acids is 1. The van der Waals surface area contributed by atoms with E-state index >= 15 is 0 Å². The molecule has 0 amide bonds. The van der Waals surface area contributed by atoms with Crippen LogP contribution < -0.4 is 0 Å². The Bertz CT molecular complexity index is 347. The first-order chi connectivity index (χ1) is 7.36. The fourth-order valence-electron chi connectivity index (χ4n) is 1.96. The van der Waals surface area contributed by atoms with Crippen LogP contribution in [0.3, 0.4) is 0 Å². The van der Waals surface area contributed by atoms with Gasteiger partial charge in [0, 0.05) is 6.42 Å². The topological polar surface area (TPSA) is 30.2 Å². The van der Waals surface area contributed by atoms with Crippen LogP contribution >= 0.6 is 0 Å². The second-order valence-corrected chi connectivity index (χ2v) is 4.06. The Morgan fingerprint density at radius 2 is 2.27 bits per heavy atom. The first kappa shape index (κ1) is 10.2. The predicted molar refractivity (Wildman–Crippen MR) is 58.6 cm³/mol. The monoisotopic (exact) mass is 204 g/mol. The van der Waals surface area contributed by atoms with Gasteiger partial charge in [0.1, 0.15) is 0 Å². The molecular weight excluding hydrogens is 188 g/mol. The van der Waals surface area contributed by atoms with Gasteiger partial charge in [-0.25, -0.2) is 0 Å². The second-order valence-electron chi connectivity index (χ2n) is 4.06. The van der Waals surface area contributed by atoms with Crippen molar-refractivity contribution in [2.24, 2.45) is 0 Å². The third-order valence-corrected chi connectivity index (χ3v) is 2.84. The van der Waals surface area contributed by atoms with Gasteiger partial charge >= 0.3 is 0 Å². The molecule has 2 heteroatoms. The molecule has 0 spiro atoms. The molecule has 0 aliphatic heterocycles. The summed E-state index contributed by atoms with van der Waals surface area (Å²) in [5, 5.41) is 0. The van der Waals surface area contributed by atoms with Crippen molar-refractivity contribution in [1.29, 1.82) is 0 Å². The number of hydrogen-bond acceptors (Lipinski definition) is 2. The van der Waals surface area contributed by atoms with Gasteiger partial charge in [0.2, 0.25) is 0 Å². The Labute approximate surface area is 90.0 Å². The molecule has 1 aromatic heterocycles. The van der Waals surface area contributed by atoms with Crippen LogP contribution in [0.25, 0.3) is 0 Å². The van der Waals surface area contributed by atoms with E-state index in [4.69, 9.17) is 4.42 Å². The van der Waals surface area contributed by atoms with Crippen LogP contribution in [0.4, 0.5) is 0 Å². The molecule has 2 nitrogen and oxygen atoms in total. The zero-order chi connectivity index (χ0) is 10.5. The van der Waals surface area contributed by atoms with Gasteiger partial charge in [-0.2, -0.15) is 0 Å². The average Bonchev–Trinajstić information content (AvgIpc) is 2.58. The summed E-state index contributed by atoms with van der Waals surface area (Å²) in [7, 11) is 0. The smallest absolute Gasteiger partial charge is 0.163 e. The highest BCUT2D eigenvalue weighted by molar-refractivity contribution is 5.96. The first-order valence-corrected chi connectivity index (χ1v) is 5.59. The zero-order valence-corrected chi connectivity index (χ0v) is 8.87. The lowest BCUT2D eigenvalue weighted by molar-refractivity contribution is -0.115. The number of rotatable bonds is 3. The van der Waals surface area contributed by atoms with Crippen LogP contribution in [0.2, 0.25) is 0 Å². The second kappa shape index (κ2) is 4.96. The summed E-state index contributed by atoms with van der Waals surface area (Å²) in [6, 6.07) is 1.86. The third kappa shape index (κ3) is 2.82. The van der Waals surface area contributed by atoms with E-state index in [0.29, 0.717) is 6.42 Å². The summed E-state index contributed by atoms with van der Waals surface area (Å²) >= 11 is 0. The summed E-state index contributed by atoms with van der Waals surface area (Å²) in [6.07, 6.45) is 11.5. The minimum absolute atomic E-state index is 0.262. The SMILES string of the molecule is O=C(Cc1ccoc1)C1=CCCCCC1. The predicted octanol–water partition coefficient (Wildman–Crippen LogP) is 3.28. The third-order valence-electron chi connectivity index (χ3n) is 2.84. The van der Waals surface area contributed by atoms with Gasteiger partial charge in [0.15, 0.2) is 5.78 Å². The summed E-state index contributed by atoms with van der Waals surface area (Å²) in [5.74, 6) is 0.262.